The molecule has 0 radical (unpaired) electrons. The molecule has 2 aromatic rings. The summed E-state index contributed by atoms with van der Waals surface area (Å²) in [6.07, 6.45) is 1.31. The fraction of sp³-hybridized carbons (Fsp3) is 0.200. The van der Waals surface area contributed by atoms with Gasteiger partial charge >= 0.3 is 0 Å². The topological polar surface area (TPSA) is 0 Å². The lowest BCUT2D eigenvalue weighted by Gasteiger charge is -2.00. The summed E-state index contributed by atoms with van der Waals surface area (Å²) >= 11 is 0. The SMILES string of the molecule is c1ccc([C@H]2C[C@H]2c2ccccc2)cc1. The van der Waals surface area contributed by atoms with Crippen molar-refractivity contribution in [3.63, 3.8) is 0 Å². The van der Waals surface area contributed by atoms with Crippen molar-refractivity contribution in [1.82, 2.24) is 0 Å². The zero-order valence-corrected chi connectivity index (χ0v) is 8.64. The highest BCUT2D eigenvalue weighted by Gasteiger charge is 2.38. The summed E-state index contributed by atoms with van der Waals surface area (Å²) in [5.41, 5.74) is 2.98. The lowest BCUT2D eigenvalue weighted by atomic mass is 10.0. The predicted octanol–water partition coefficient (Wildman–Crippen LogP) is 3.96. The molecule has 1 aliphatic rings. The van der Waals surface area contributed by atoms with E-state index in [9.17, 15) is 0 Å². The first-order valence-electron chi connectivity index (χ1n) is 5.55. The molecule has 1 fully saturated rings. The molecular weight excluding hydrogens is 180 g/mol. The number of benzene rings is 2. The van der Waals surface area contributed by atoms with Gasteiger partial charge in [-0.25, -0.2) is 0 Å². The van der Waals surface area contributed by atoms with Gasteiger partial charge in [0, 0.05) is 0 Å². The van der Waals surface area contributed by atoms with Crippen molar-refractivity contribution in [2.75, 3.05) is 0 Å². The van der Waals surface area contributed by atoms with Crippen LogP contribution in [0.1, 0.15) is 29.4 Å². The molecule has 0 aromatic heterocycles. The molecule has 0 N–H and O–H groups in total. The molecule has 2 aromatic carbocycles. The second-order valence-corrected chi connectivity index (χ2v) is 4.27. The zero-order valence-electron chi connectivity index (χ0n) is 8.64. The average Bonchev–Trinajstić information content (AvgIpc) is 3.11. The van der Waals surface area contributed by atoms with Crippen molar-refractivity contribution < 1.29 is 0 Å². The number of rotatable bonds is 2. The molecule has 0 spiro atoms. The van der Waals surface area contributed by atoms with Gasteiger partial charge in [-0.1, -0.05) is 60.7 Å². The summed E-state index contributed by atoms with van der Waals surface area (Å²) in [5, 5.41) is 0. The van der Waals surface area contributed by atoms with Gasteiger partial charge in [0.2, 0.25) is 0 Å². The van der Waals surface area contributed by atoms with Crippen LogP contribution in [0.25, 0.3) is 0 Å². The van der Waals surface area contributed by atoms with Crippen molar-refractivity contribution in [2.24, 2.45) is 0 Å². The molecule has 15 heavy (non-hydrogen) atoms. The largest absolute Gasteiger partial charge is 0.0622 e. The molecule has 0 nitrogen and oxygen atoms in total. The predicted molar refractivity (Wildman–Crippen MR) is 63.0 cm³/mol. The molecule has 0 saturated heterocycles. The van der Waals surface area contributed by atoms with Crippen molar-refractivity contribution >= 4 is 0 Å². The smallest absolute Gasteiger partial charge is 0.00868 e. The average molecular weight is 194 g/mol. The molecule has 74 valence electrons. The third-order valence-corrected chi connectivity index (χ3v) is 3.25. The van der Waals surface area contributed by atoms with Gasteiger partial charge < -0.3 is 0 Å². The van der Waals surface area contributed by atoms with E-state index in [0.717, 1.165) is 11.8 Å². The maximum Gasteiger partial charge on any atom is -0.00868 e. The highest BCUT2D eigenvalue weighted by Crippen LogP contribution is 2.54. The van der Waals surface area contributed by atoms with Crippen molar-refractivity contribution in [3.05, 3.63) is 71.8 Å². The van der Waals surface area contributed by atoms with Crippen LogP contribution in [-0.4, -0.2) is 0 Å². The van der Waals surface area contributed by atoms with Crippen LogP contribution in [0.15, 0.2) is 60.7 Å². The van der Waals surface area contributed by atoms with E-state index in [0.29, 0.717) is 0 Å². The Morgan fingerprint density at radius 2 is 1.00 bits per heavy atom. The van der Waals surface area contributed by atoms with E-state index in [1.165, 1.54) is 17.5 Å². The van der Waals surface area contributed by atoms with Gasteiger partial charge in [-0.15, -0.1) is 0 Å². The zero-order chi connectivity index (χ0) is 10.1. The highest BCUT2D eigenvalue weighted by molar-refractivity contribution is 5.35. The Hall–Kier alpha value is -1.56. The second kappa shape index (κ2) is 3.54. The first-order chi connectivity index (χ1) is 7.45. The molecule has 3 rings (SSSR count). The summed E-state index contributed by atoms with van der Waals surface area (Å²) in [7, 11) is 0. The Morgan fingerprint density at radius 3 is 1.40 bits per heavy atom. The fourth-order valence-electron chi connectivity index (χ4n) is 2.33. The van der Waals surface area contributed by atoms with Crippen LogP contribution in [-0.2, 0) is 0 Å². The lowest BCUT2D eigenvalue weighted by molar-refractivity contribution is 1.03. The minimum absolute atomic E-state index is 0.758. The van der Waals surface area contributed by atoms with E-state index >= 15 is 0 Å². The van der Waals surface area contributed by atoms with E-state index in [2.05, 4.69) is 60.7 Å². The standard InChI is InChI=1S/C15H14/c1-3-7-12(8-4-1)14-11-15(14)13-9-5-2-6-10-13/h1-10,14-15H,11H2/t14-,15+. The van der Waals surface area contributed by atoms with Gasteiger partial charge in [0.1, 0.15) is 0 Å². The monoisotopic (exact) mass is 194 g/mol. The van der Waals surface area contributed by atoms with Gasteiger partial charge in [0.25, 0.3) is 0 Å². The maximum absolute atomic E-state index is 2.24. The Bertz CT molecular complexity index is 387. The number of hydrogen-bond acceptors (Lipinski definition) is 0. The van der Waals surface area contributed by atoms with Crippen LogP contribution in [0.3, 0.4) is 0 Å². The van der Waals surface area contributed by atoms with Crippen LogP contribution >= 0.6 is 0 Å². The van der Waals surface area contributed by atoms with Crippen molar-refractivity contribution in [2.45, 2.75) is 18.3 Å². The summed E-state index contributed by atoms with van der Waals surface area (Å²) < 4.78 is 0. The lowest BCUT2D eigenvalue weighted by Crippen LogP contribution is -1.82. The molecule has 0 unspecified atom stereocenters. The fourth-order valence-corrected chi connectivity index (χ4v) is 2.33. The quantitative estimate of drug-likeness (QED) is 0.679. The third-order valence-electron chi connectivity index (χ3n) is 3.25. The van der Waals surface area contributed by atoms with Crippen molar-refractivity contribution in [1.29, 1.82) is 0 Å². The molecular formula is C15H14. The van der Waals surface area contributed by atoms with Gasteiger partial charge in [-0.3, -0.25) is 0 Å². The van der Waals surface area contributed by atoms with Crippen LogP contribution in [0.4, 0.5) is 0 Å². The number of hydrogen-bond donors (Lipinski definition) is 0. The summed E-state index contributed by atoms with van der Waals surface area (Å²) in [6, 6.07) is 21.7. The maximum atomic E-state index is 2.24. The molecule has 0 heterocycles. The summed E-state index contributed by atoms with van der Waals surface area (Å²) in [4.78, 5) is 0. The molecule has 1 saturated carbocycles. The highest BCUT2D eigenvalue weighted by atomic mass is 14.4. The minimum atomic E-state index is 0.758. The van der Waals surface area contributed by atoms with Gasteiger partial charge in [-0.2, -0.15) is 0 Å². The Morgan fingerprint density at radius 1 is 0.600 bits per heavy atom. The van der Waals surface area contributed by atoms with Crippen LogP contribution in [0.2, 0.25) is 0 Å². The van der Waals surface area contributed by atoms with Crippen LogP contribution in [0.5, 0.6) is 0 Å². The van der Waals surface area contributed by atoms with E-state index in [-0.39, 0.29) is 0 Å². The molecule has 0 heteroatoms. The second-order valence-electron chi connectivity index (χ2n) is 4.27. The molecule has 1 aliphatic carbocycles. The Balaban J connectivity index is 1.81. The molecule has 0 amide bonds. The normalized spacial score (nSPS) is 23.7. The molecule has 0 bridgehead atoms. The molecule has 2 atom stereocenters. The first-order valence-corrected chi connectivity index (χ1v) is 5.55. The molecule has 0 aliphatic heterocycles. The first kappa shape index (κ1) is 8.72. The van der Waals surface area contributed by atoms with E-state index in [1.54, 1.807) is 0 Å². The van der Waals surface area contributed by atoms with E-state index in [4.69, 9.17) is 0 Å². The summed E-state index contributed by atoms with van der Waals surface area (Å²) in [6.45, 7) is 0. The summed E-state index contributed by atoms with van der Waals surface area (Å²) in [5.74, 6) is 1.52. The Kier molecular flexibility index (Phi) is 2.06. The van der Waals surface area contributed by atoms with Crippen LogP contribution < -0.4 is 0 Å². The Labute approximate surface area is 90.6 Å². The minimum Gasteiger partial charge on any atom is -0.0622 e. The van der Waals surface area contributed by atoms with Gasteiger partial charge in [0.05, 0.1) is 0 Å². The van der Waals surface area contributed by atoms with Crippen LogP contribution in [0, 0.1) is 0 Å². The van der Waals surface area contributed by atoms with E-state index < -0.39 is 0 Å². The van der Waals surface area contributed by atoms with Crippen molar-refractivity contribution in [3.8, 4) is 0 Å². The van der Waals surface area contributed by atoms with Gasteiger partial charge in [0.15, 0.2) is 0 Å². The van der Waals surface area contributed by atoms with Gasteiger partial charge in [-0.05, 0) is 29.4 Å². The van der Waals surface area contributed by atoms with E-state index in [1.807, 2.05) is 0 Å². The third kappa shape index (κ3) is 1.68.